The molecule has 12 atom stereocenters. The van der Waals surface area contributed by atoms with Crippen LogP contribution in [0.5, 0.6) is 0 Å². The predicted molar refractivity (Wildman–Crippen MR) is 121 cm³/mol. The Labute approximate surface area is 183 Å². The van der Waals surface area contributed by atoms with Crippen molar-refractivity contribution in [2.45, 2.75) is 59.3 Å². The van der Waals surface area contributed by atoms with Gasteiger partial charge in [0.2, 0.25) is 5.91 Å². The fourth-order valence-electron chi connectivity index (χ4n) is 7.04. The van der Waals surface area contributed by atoms with Gasteiger partial charge in [0, 0.05) is 6.54 Å². The van der Waals surface area contributed by atoms with Gasteiger partial charge in [-0.1, -0.05) is 39.0 Å². The summed E-state index contributed by atoms with van der Waals surface area (Å²) in [6.45, 7) is 7.45. The Hall–Kier alpha value is -1.05. The molecule has 0 aromatic rings. The van der Waals surface area contributed by atoms with E-state index < -0.39 is 0 Å². The molecule has 0 aromatic heterocycles. The molecule has 0 unspecified atom stereocenters. The molecule has 164 valence electrons. The summed E-state index contributed by atoms with van der Waals surface area (Å²) < 4.78 is 0. The maximum absolute atomic E-state index is 11.9. The van der Waals surface area contributed by atoms with Gasteiger partial charge in [-0.3, -0.25) is 4.79 Å². The number of carbonyl (C=O) groups is 1. The van der Waals surface area contributed by atoms with E-state index in [0.717, 1.165) is 71.6 Å². The van der Waals surface area contributed by atoms with Crippen LogP contribution in [0.4, 0.5) is 0 Å². The minimum atomic E-state index is 0.101. The lowest BCUT2D eigenvalue weighted by atomic mass is 10.1. The van der Waals surface area contributed by atoms with Gasteiger partial charge >= 0.3 is 0 Å². The molecule has 0 heterocycles. The van der Waals surface area contributed by atoms with Crippen LogP contribution in [0, 0.1) is 76.9 Å². The molecule has 0 radical (unpaired) electrons. The van der Waals surface area contributed by atoms with Gasteiger partial charge in [-0.25, -0.2) is 0 Å². The van der Waals surface area contributed by atoms with Crippen LogP contribution >= 0.6 is 0 Å². The van der Waals surface area contributed by atoms with Crippen LogP contribution in [0.2, 0.25) is 0 Å². The van der Waals surface area contributed by atoms with Crippen molar-refractivity contribution in [1.82, 2.24) is 5.32 Å². The van der Waals surface area contributed by atoms with E-state index in [1.54, 1.807) is 12.8 Å². The average Bonchev–Trinajstić information content (AvgIpc) is 3.50. The van der Waals surface area contributed by atoms with E-state index in [0.29, 0.717) is 11.8 Å². The van der Waals surface area contributed by atoms with Crippen molar-refractivity contribution in [2.75, 3.05) is 6.54 Å². The third-order valence-corrected chi connectivity index (χ3v) is 9.61. The third kappa shape index (κ3) is 4.17. The predicted octanol–water partition coefficient (Wildman–Crippen LogP) is 5.71. The van der Waals surface area contributed by atoms with Crippen LogP contribution < -0.4 is 5.32 Å². The summed E-state index contributed by atoms with van der Waals surface area (Å²) in [7, 11) is 0. The Morgan fingerprint density at radius 3 is 1.70 bits per heavy atom. The SMILES string of the molecule is CC(C)CNC(=O)/C=C/[C@@H]1C[C@@H]1[C@@H]1C[C@@H]1[C@@H]1C[C@@H]1[C@@H]1C[C@@H]1[C@@H]1C[C@@H]1/C=C/[C@H]1C[C@H]1C. The van der Waals surface area contributed by atoms with Gasteiger partial charge in [0.15, 0.2) is 0 Å². The van der Waals surface area contributed by atoms with E-state index in [-0.39, 0.29) is 5.91 Å². The molecule has 30 heavy (non-hydrogen) atoms. The summed E-state index contributed by atoms with van der Waals surface area (Å²) >= 11 is 0. The van der Waals surface area contributed by atoms with Crippen molar-refractivity contribution in [3.8, 4) is 0 Å². The standard InChI is InChI=1S/C28H41NO/c1-15(2)14-29-28(30)7-6-19-10-21(19)23-12-25(23)27-13-26(27)24-11-22(24)20-9-18(20)5-4-17-8-16(17)3/h4-7,15-27H,8-14H2,1-3H3,(H,29,30)/b5-4+,7-6+/t16-,17+,18+,19-,20-,21+,22-,23+,24-,25+,26-,27+/m1/s1. The highest BCUT2D eigenvalue weighted by Gasteiger charge is 2.65. The Bertz CT molecular complexity index is 752. The van der Waals surface area contributed by atoms with E-state index in [4.69, 9.17) is 0 Å². The minimum Gasteiger partial charge on any atom is -0.352 e. The zero-order chi connectivity index (χ0) is 20.6. The Kier molecular flexibility index (Phi) is 4.74. The van der Waals surface area contributed by atoms with Crippen molar-refractivity contribution >= 4 is 5.91 Å². The molecule has 0 bridgehead atoms. The lowest BCUT2D eigenvalue weighted by Gasteiger charge is -2.04. The lowest BCUT2D eigenvalue weighted by molar-refractivity contribution is -0.116. The first-order chi connectivity index (χ1) is 14.5. The van der Waals surface area contributed by atoms with Gasteiger partial charge in [-0.2, -0.15) is 0 Å². The molecule has 0 spiro atoms. The minimum absolute atomic E-state index is 0.101. The van der Waals surface area contributed by atoms with E-state index in [2.05, 4.69) is 44.3 Å². The molecule has 6 saturated carbocycles. The van der Waals surface area contributed by atoms with Gasteiger partial charge in [0.1, 0.15) is 0 Å². The lowest BCUT2D eigenvalue weighted by Crippen LogP contribution is -2.25. The van der Waals surface area contributed by atoms with Crippen molar-refractivity contribution in [3.05, 3.63) is 24.3 Å². The summed E-state index contributed by atoms with van der Waals surface area (Å²) in [4.78, 5) is 11.9. The molecule has 0 aromatic carbocycles. The maximum Gasteiger partial charge on any atom is 0.243 e. The van der Waals surface area contributed by atoms with Gasteiger partial charge in [0.05, 0.1) is 0 Å². The number of amides is 1. The quantitative estimate of drug-likeness (QED) is 0.365. The Morgan fingerprint density at radius 1 is 0.733 bits per heavy atom. The van der Waals surface area contributed by atoms with Crippen LogP contribution in [0.15, 0.2) is 24.3 Å². The van der Waals surface area contributed by atoms with Crippen molar-refractivity contribution < 1.29 is 4.79 Å². The second-order valence-electron chi connectivity index (χ2n) is 12.6. The summed E-state index contributed by atoms with van der Waals surface area (Å²) in [5.41, 5.74) is 0. The maximum atomic E-state index is 11.9. The Morgan fingerprint density at radius 2 is 1.20 bits per heavy atom. The third-order valence-electron chi connectivity index (χ3n) is 9.61. The van der Waals surface area contributed by atoms with Gasteiger partial charge < -0.3 is 5.32 Å². The Balaban J connectivity index is 0.891. The highest BCUT2D eigenvalue weighted by Crippen LogP contribution is 2.72. The molecule has 0 aliphatic heterocycles. The largest absolute Gasteiger partial charge is 0.352 e. The fourth-order valence-corrected chi connectivity index (χ4v) is 7.04. The number of nitrogens with one attached hydrogen (secondary N) is 1. The number of rotatable bonds is 10. The number of carbonyl (C=O) groups excluding carboxylic acids is 1. The van der Waals surface area contributed by atoms with Crippen LogP contribution in [0.25, 0.3) is 0 Å². The number of allylic oxidation sites excluding steroid dienone is 3. The molecule has 6 aliphatic carbocycles. The van der Waals surface area contributed by atoms with Crippen LogP contribution in [-0.4, -0.2) is 12.5 Å². The van der Waals surface area contributed by atoms with Crippen LogP contribution in [0.1, 0.15) is 59.3 Å². The molecule has 1 amide bonds. The van der Waals surface area contributed by atoms with Crippen LogP contribution in [-0.2, 0) is 4.79 Å². The molecule has 6 fully saturated rings. The average molecular weight is 408 g/mol. The number of hydrogen-bond acceptors (Lipinski definition) is 1. The zero-order valence-electron chi connectivity index (χ0n) is 19.2. The normalized spacial score (nSPS) is 52.7. The first kappa shape index (κ1) is 19.6. The van der Waals surface area contributed by atoms with Crippen molar-refractivity contribution in [1.29, 1.82) is 0 Å². The fraction of sp³-hybridized carbons (Fsp3) is 0.821. The van der Waals surface area contributed by atoms with Crippen molar-refractivity contribution in [3.63, 3.8) is 0 Å². The smallest absolute Gasteiger partial charge is 0.243 e. The van der Waals surface area contributed by atoms with E-state index in [1.807, 2.05) is 6.08 Å². The molecule has 2 nitrogen and oxygen atoms in total. The van der Waals surface area contributed by atoms with Gasteiger partial charge in [-0.05, 0) is 122 Å². The highest BCUT2D eigenvalue weighted by molar-refractivity contribution is 5.87. The molecule has 6 aliphatic rings. The van der Waals surface area contributed by atoms with Gasteiger partial charge in [0.25, 0.3) is 0 Å². The highest BCUT2D eigenvalue weighted by atomic mass is 16.1. The van der Waals surface area contributed by atoms with Crippen LogP contribution in [0.3, 0.4) is 0 Å². The molecule has 2 heteroatoms. The second kappa shape index (κ2) is 7.24. The summed E-state index contributed by atoms with van der Waals surface area (Å²) in [6, 6.07) is 0. The van der Waals surface area contributed by atoms with E-state index in [1.165, 1.54) is 25.7 Å². The molecule has 0 saturated heterocycles. The zero-order valence-corrected chi connectivity index (χ0v) is 19.2. The molecular formula is C28H41NO. The number of hydrogen-bond donors (Lipinski definition) is 1. The first-order valence-corrected chi connectivity index (χ1v) is 13.1. The van der Waals surface area contributed by atoms with Crippen molar-refractivity contribution in [2.24, 2.45) is 76.9 Å². The summed E-state index contributed by atoms with van der Waals surface area (Å²) in [6.07, 6.45) is 18.1. The van der Waals surface area contributed by atoms with E-state index >= 15 is 0 Å². The van der Waals surface area contributed by atoms with Gasteiger partial charge in [-0.15, -0.1) is 0 Å². The topological polar surface area (TPSA) is 29.1 Å². The molecule has 1 N–H and O–H groups in total. The first-order valence-electron chi connectivity index (χ1n) is 13.1. The summed E-state index contributed by atoms with van der Waals surface area (Å²) in [5, 5.41) is 3.00. The molecular weight excluding hydrogens is 366 g/mol. The molecule has 6 rings (SSSR count). The monoisotopic (exact) mass is 407 g/mol. The second-order valence-corrected chi connectivity index (χ2v) is 12.6. The summed E-state index contributed by atoms with van der Waals surface area (Å²) in [5.74, 6) is 12.6. The van der Waals surface area contributed by atoms with E-state index in [9.17, 15) is 4.79 Å².